The van der Waals surface area contributed by atoms with Crippen LogP contribution in [0.25, 0.3) is 10.6 Å². The average Bonchev–Trinajstić information content (AvgIpc) is 2.84. The van der Waals surface area contributed by atoms with Gasteiger partial charge in [-0.2, -0.15) is 0 Å². The maximum atomic E-state index is 5.47. The second kappa shape index (κ2) is 3.35. The lowest BCUT2D eigenvalue weighted by atomic mass is 10.1. The quantitative estimate of drug-likeness (QED) is 0.731. The first-order chi connectivity index (χ1) is 7.33. The fourth-order valence-electron chi connectivity index (χ4n) is 1.76. The summed E-state index contributed by atoms with van der Waals surface area (Å²) in [4.78, 5) is 4.43. The van der Waals surface area contributed by atoms with Crippen LogP contribution in [0.1, 0.15) is 11.3 Å². The number of benzene rings is 1. The Labute approximate surface area is 92.6 Å². The molecule has 0 N–H and O–H groups in total. The van der Waals surface area contributed by atoms with E-state index in [9.17, 15) is 0 Å². The van der Waals surface area contributed by atoms with Gasteiger partial charge in [-0.15, -0.1) is 11.3 Å². The molecule has 2 heterocycles. The van der Waals surface area contributed by atoms with E-state index < -0.39 is 0 Å². The van der Waals surface area contributed by atoms with Gasteiger partial charge in [0.25, 0.3) is 0 Å². The van der Waals surface area contributed by atoms with Crippen LogP contribution in [0.15, 0.2) is 18.2 Å². The molecule has 0 fully saturated rings. The molecule has 0 amide bonds. The molecule has 3 rings (SSSR count). The molecule has 1 aromatic carbocycles. The Balaban J connectivity index is 2.06. The first-order valence-corrected chi connectivity index (χ1v) is 5.76. The van der Waals surface area contributed by atoms with Crippen molar-refractivity contribution >= 4 is 11.3 Å². The van der Waals surface area contributed by atoms with Crippen LogP contribution in [-0.2, 0) is 6.42 Å². The van der Waals surface area contributed by atoms with Gasteiger partial charge < -0.3 is 4.74 Å². The van der Waals surface area contributed by atoms with Gasteiger partial charge in [-0.1, -0.05) is 0 Å². The summed E-state index contributed by atoms with van der Waals surface area (Å²) >= 11 is 1.57. The summed E-state index contributed by atoms with van der Waals surface area (Å²) in [6.45, 7) is 2.78. The van der Waals surface area contributed by atoms with Gasteiger partial charge in [-0.05, 0) is 30.7 Å². The second-order valence-corrected chi connectivity index (χ2v) is 4.42. The Hall–Kier alpha value is -1.35. The Morgan fingerprint density at radius 2 is 2.40 bits per heavy atom. The van der Waals surface area contributed by atoms with Gasteiger partial charge in [-0.3, -0.25) is 0 Å². The van der Waals surface area contributed by atoms with E-state index in [4.69, 9.17) is 4.74 Å². The number of fused-ring (bicyclic) bond motifs is 1. The van der Waals surface area contributed by atoms with Crippen molar-refractivity contribution in [2.45, 2.75) is 13.3 Å². The standard InChI is InChI=1S/C12H10NOS/c1-8-7-15-12(13-8)10-2-3-11-9(6-10)4-5-14-11/h2-3,6H,4-5H2,1H3. The predicted octanol–water partition coefficient (Wildman–Crippen LogP) is 2.85. The van der Waals surface area contributed by atoms with Crippen LogP contribution in [0.4, 0.5) is 0 Å². The highest BCUT2D eigenvalue weighted by molar-refractivity contribution is 7.12. The molecule has 0 bridgehead atoms. The van der Waals surface area contributed by atoms with Crippen LogP contribution in [0, 0.1) is 12.3 Å². The molecule has 3 heteroatoms. The van der Waals surface area contributed by atoms with E-state index >= 15 is 0 Å². The number of rotatable bonds is 1. The van der Waals surface area contributed by atoms with Gasteiger partial charge in [0.05, 0.1) is 17.7 Å². The van der Waals surface area contributed by atoms with Crippen LogP contribution in [0.5, 0.6) is 5.75 Å². The van der Waals surface area contributed by atoms with Crippen molar-refractivity contribution in [3.8, 4) is 16.3 Å². The summed E-state index contributed by atoms with van der Waals surface area (Å²) in [5, 5.41) is 4.18. The van der Waals surface area contributed by atoms with Crippen molar-refractivity contribution in [1.29, 1.82) is 0 Å². The van der Waals surface area contributed by atoms with Crippen molar-refractivity contribution in [1.82, 2.24) is 4.98 Å². The summed E-state index contributed by atoms with van der Waals surface area (Å²) in [5.41, 5.74) is 3.43. The van der Waals surface area contributed by atoms with Gasteiger partial charge in [0, 0.05) is 12.0 Å². The fourth-order valence-corrected chi connectivity index (χ4v) is 2.48. The van der Waals surface area contributed by atoms with E-state index in [1.54, 1.807) is 11.3 Å². The van der Waals surface area contributed by atoms with Crippen molar-refractivity contribution in [3.63, 3.8) is 0 Å². The van der Waals surface area contributed by atoms with Gasteiger partial charge in [-0.25, -0.2) is 4.98 Å². The number of ether oxygens (including phenoxy) is 1. The molecule has 15 heavy (non-hydrogen) atoms. The molecule has 0 saturated carbocycles. The lowest BCUT2D eigenvalue weighted by Crippen LogP contribution is -1.85. The SMILES string of the molecule is Cc1[c]sc(-c2ccc3c(c2)CCO3)n1. The minimum atomic E-state index is 0.807. The van der Waals surface area contributed by atoms with E-state index in [1.165, 1.54) is 11.1 Å². The van der Waals surface area contributed by atoms with E-state index in [0.29, 0.717) is 0 Å². The predicted molar refractivity (Wildman–Crippen MR) is 60.3 cm³/mol. The molecule has 0 unspecified atom stereocenters. The summed E-state index contributed by atoms with van der Waals surface area (Å²) < 4.78 is 5.47. The molecule has 1 radical (unpaired) electrons. The highest BCUT2D eigenvalue weighted by atomic mass is 32.1. The van der Waals surface area contributed by atoms with E-state index in [-0.39, 0.29) is 0 Å². The molecule has 0 saturated heterocycles. The van der Waals surface area contributed by atoms with Crippen molar-refractivity contribution < 1.29 is 4.74 Å². The van der Waals surface area contributed by atoms with Crippen molar-refractivity contribution in [2.24, 2.45) is 0 Å². The van der Waals surface area contributed by atoms with E-state index in [1.807, 2.05) is 13.0 Å². The highest BCUT2D eigenvalue weighted by Gasteiger charge is 2.13. The Morgan fingerprint density at radius 1 is 1.47 bits per heavy atom. The Bertz CT molecular complexity index is 504. The second-order valence-electron chi connectivity index (χ2n) is 3.63. The molecular formula is C12H10NOS. The molecule has 75 valence electrons. The average molecular weight is 216 g/mol. The van der Waals surface area contributed by atoms with Crippen molar-refractivity contribution in [3.05, 3.63) is 34.8 Å². The maximum absolute atomic E-state index is 5.47. The van der Waals surface area contributed by atoms with E-state index in [2.05, 4.69) is 22.5 Å². The first kappa shape index (κ1) is 8.92. The largest absolute Gasteiger partial charge is 0.493 e. The van der Waals surface area contributed by atoms with Gasteiger partial charge in [0.2, 0.25) is 0 Å². The monoisotopic (exact) mass is 216 g/mol. The van der Waals surface area contributed by atoms with Crippen LogP contribution in [0.3, 0.4) is 0 Å². The Kier molecular flexibility index (Phi) is 1.99. The number of aromatic nitrogens is 1. The normalized spacial score (nSPS) is 13.7. The third-order valence-electron chi connectivity index (χ3n) is 2.50. The molecule has 1 aromatic heterocycles. The number of hydrogen-bond acceptors (Lipinski definition) is 3. The topological polar surface area (TPSA) is 22.1 Å². The minimum absolute atomic E-state index is 0.807. The summed E-state index contributed by atoms with van der Waals surface area (Å²) in [5.74, 6) is 1.02. The van der Waals surface area contributed by atoms with Crippen LogP contribution < -0.4 is 4.74 Å². The summed E-state index contributed by atoms with van der Waals surface area (Å²) in [7, 11) is 0. The summed E-state index contributed by atoms with van der Waals surface area (Å²) in [6, 6.07) is 6.28. The molecule has 0 spiro atoms. The maximum Gasteiger partial charge on any atom is 0.124 e. The van der Waals surface area contributed by atoms with Gasteiger partial charge >= 0.3 is 0 Å². The molecular weight excluding hydrogens is 206 g/mol. The third kappa shape index (κ3) is 1.53. The summed E-state index contributed by atoms with van der Waals surface area (Å²) in [6.07, 6.45) is 1.01. The first-order valence-electron chi connectivity index (χ1n) is 4.94. The smallest absolute Gasteiger partial charge is 0.124 e. The van der Waals surface area contributed by atoms with Crippen LogP contribution in [-0.4, -0.2) is 11.6 Å². The number of hydrogen-bond donors (Lipinski definition) is 0. The van der Waals surface area contributed by atoms with Crippen molar-refractivity contribution in [2.75, 3.05) is 6.61 Å². The van der Waals surface area contributed by atoms with Crippen LogP contribution in [0.2, 0.25) is 0 Å². The molecule has 2 nitrogen and oxygen atoms in total. The molecule has 2 aromatic rings. The molecule has 0 aliphatic carbocycles. The third-order valence-corrected chi connectivity index (χ3v) is 3.42. The van der Waals surface area contributed by atoms with Crippen LogP contribution >= 0.6 is 11.3 Å². The van der Waals surface area contributed by atoms with Gasteiger partial charge in [0.15, 0.2) is 0 Å². The lowest BCUT2D eigenvalue weighted by molar-refractivity contribution is 0.357. The molecule has 1 aliphatic rings. The zero-order valence-electron chi connectivity index (χ0n) is 8.41. The molecule has 1 aliphatic heterocycles. The number of thiazole rings is 1. The van der Waals surface area contributed by atoms with E-state index in [0.717, 1.165) is 29.5 Å². The number of aryl methyl sites for hydroxylation is 1. The zero-order chi connectivity index (χ0) is 10.3. The zero-order valence-corrected chi connectivity index (χ0v) is 9.23. The minimum Gasteiger partial charge on any atom is -0.493 e. The lowest BCUT2D eigenvalue weighted by Gasteiger charge is -2.00. The fraction of sp³-hybridized carbons (Fsp3) is 0.250. The highest BCUT2D eigenvalue weighted by Crippen LogP contribution is 2.31. The van der Waals surface area contributed by atoms with Gasteiger partial charge in [0.1, 0.15) is 10.8 Å². The molecule has 0 atom stereocenters. The Morgan fingerprint density at radius 3 is 3.20 bits per heavy atom. The number of nitrogens with zero attached hydrogens (tertiary/aromatic N) is 1.